The summed E-state index contributed by atoms with van der Waals surface area (Å²) in [7, 11) is 0.119. The lowest BCUT2D eigenvalue weighted by molar-refractivity contribution is -0.160. The van der Waals surface area contributed by atoms with E-state index in [2.05, 4.69) is 10.3 Å². The predicted molar refractivity (Wildman–Crippen MR) is 86.2 cm³/mol. The number of carbonyl (C=O) groups excluding carboxylic acids is 1. The molecule has 2 aromatic heterocycles. The number of hydroxylamine groups is 1. The van der Waals surface area contributed by atoms with Gasteiger partial charge in [0.15, 0.2) is 0 Å². The lowest BCUT2D eigenvalue weighted by Crippen LogP contribution is -2.39. The summed E-state index contributed by atoms with van der Waals surface area (Å²) in [4.78, 5) is 53.1. The summed E-state index contributed by atoms with van der Waals surface area (Å²) in [5, 5.41) is 0. The maximum atomic E-state index is 12.2. The van der Waals surface area contributed by atoms with Crippen LogP contribution in [0.1, 0.15) is 12.5 Å². The Labute approximate surface area is 137 Å². The Morgan fingerprint density at radius 2 is 2.21 bits per heavy atom. The van der Waals surface area contributed by atoms with Crippen LogP contribution in [-0.2, 0) is 16.7 Å². The van der Waals surface area contributed by atoms with Crippen molar-refractivity contribution >= 4 is 19.1 Å². The Hall–Kier alpha value is -2.32. The highest BCUT2D eigenvalue weighted by Gasteiger charge is 2.22. The van der Waals surface area contributed by atoms with Crippen molar-refractivity contribution < 1.29 is 18.9 Å². The molecule has 0 saturated carbocycles. The van der Waals surface area contributed by atoms with Crippen molar-refractivity contribution in [2.75, 3.05) is 7.11 Å². The van der Waals surface area contributed by atoms with Gasteiger partial charge in [0.05, 0.1) is 18.9 Å². The van der Waals surface area contributed by atoms with Gasteiger partial charge in [0, 0.05) is 19.3 Å². The van der Waals surface area contributed by atoms with Crippen LogP contribution in [-0.4, -0.2) is 33.6 Å². The molecule has 0 aliphatic carbocycles. The van der Waals surface area contributed by atoms with Crippen LogP contribution in [0.2, 0.25) is 0 Å². The highest BCUT2D eigenvalue weighted by molar-refractivity contribution is 7.68. The summed E-state index contributed by atoms with van der Waals surface area (Å²) < 4.78 is 7.08. The molecule has 0 bridgehead atoms. The summed E-state index contributed by atoms with van der Waals surface area (Å²) in [6.45, 7) is 1.48. The van der Waals surface area contributed by atoms with Crippen LogP contribution in [0.3, 0.4) is 0 Å². The number of nitrogens with one attached hydrogen (secondary N) is 1. The lowest BCUT2D eigenvalue weighted by atomic mass is 10.4. The van der Waals surface area contributed by atoms with Gasteiger partial charge in [-0.15, -0.1) is 0 Å². The third-order valence-corrected chi connectivity index (χ3v) is 4.53. The predicted octanol–water partition coefficient (Wildman–Crippen LogP) is -0.897. The minimum absolute atomic E-state index is 0.0485. The largest absolute Gasteiger partial charge is 0.623 e. The molecule has 0 spiro atoms. The zero-order valence-electron chi connectivity index (χ0n) is 13.3. The van der Waals surface area contributed by atoms with Gasteiger partial charge in [0.1, 0.15) is 19.6 Å². The number of carbonyl (C=O) groups is 1. The smallest absolute Gasteiger partial charge is 0.337 e. The third kappa shape index (κ3) is 3.60. The molecule has 0 aliphatic rings. The van der Waals surface area contributed by atoms with Crippen LogP contribution in [0.5, 0.6) is 0 Å². The first-order valence-electron chi connectivity index (χ1n) is 6.87. The van der Waals surface area contributed by atoms with E-state index in [1.54, 1.807) is 6.07 Å². The van der Waals surface area contributed by atoms with Crippen molar-refractivity contribution in [2.24, 2.45) is 7.05 Å². The van der Waals surface area contributed by atoms with Crippen LogP contribution < -0.4 is 21.6 Å². The molecular formula is C14H16N3O6P. The van der Waals surface area contributed by atoms with Crippen LogP contribution >= 0.6 is 7.77 Å². The highest BCUT2D eigenvalue weighted by Crippen LogP contribution is 2.15. The third-order valence-electron chi connectivity index (χ3n) is 3.19. The summed E-state index contributed by atoms with van der Waals surface area (Å²) in [6, 6.07) is 2.30. The van der Waals surface area contributed by atoms with E-state index in [1.807, 2.05) is 0 Å². The highest BCUT2D eigenvalue weighted by atomic mass is 31.1. The molecule has 0 saturated heterocycles. The zero-order valence-corrected chi connectivity index (χ0v) is 14.1. The average Bonchev–Trinajstić information content (AvgIpc) is 3.09. The van der Waals surface area contributed by atoms with Crippen molar-refractivity contribution in [3.63, 3.8) is 0 Å². The average molecular weight is 353 g/mol. The van der Waals surface area contributed by atoms with Crippen molar-refractivity contribution in [2.45, 2.75) is 13.0 Å². The topological polar surface area (TPSA) is 119 Å². The van der Waals surface area contributed by atoms with Crippen molar-refractivity contribution in [3.05, 3.63) is 51.0 Å². The second-order valence-electron chi connectivity index (χ2n) is 4.89. The summed E-state index contributed by atoms with van der Waals surface area (Å²) in [5.74, 6) is 1.23. The van der Waals surface area contributed by atoms with Gasteiger partial charge < -0.3 is 14.1 Å². The van der Waals surface area contributed by atoms with E-state index >= 15 is 0 Å². The Balaban J connectivity index is 2.51. The van der Waals surface area contributed by atoms with E-state index < -0.39 is 30.6 Å². The SMILES string of the molecule is CON[C@H](C)C(=O)/[P+]([O-])=C/c1cn(-c2ccco2)c(=O)n(C)c1=O. The molecule has 24 heavy (non-hydrogen) atoms. The number of hydrogen-bond donors (Lipinski definition) is 1. The monoisotopic (exact) mass is 353 g/mol. The van der Waals surface area contributed by atoms with Crippen molar-refractivity contribution in [3.8, 4) is 5.88 Å². The molecule has 0 amide bonds. The molecular weight excluding hydrogens is 337 g/mol. The molecule has 2 aromatic rings. The standard InChI is InChI=1S/C14H16N3O6P/c1-9(15-22-3)13(19)24(21)8-10-7-17(11-5-4-6-23-11)14(20)16(2)12(10)18/h4-9,15H,1-3H3/t9-/m1/s1. The molecule has 1 unspecified atom stereocenters. The van der Waals surface area contributed by atoms with E-state index in [4.69, 9.17) is 4.42 Å². The van der Waals surface area contributed by atoms with Gasteiger partial charge in [-0.25, -0.2) is 14.2 Å². The van der Waals surface area contributed by atoms with E-state index in [0.717, 1.165) is 14.9 Å². The van der Waals surface area contributed by atoms with Crippen LogP contribution in [0.4, 0.5) is 0 Å². The number of aromatic nitrogens is 2. The fourth-order valence-electron chi connectivity index (χ4n) is 1.95. The molecule has 2 rings (SSSR count). The quantitative estimate of drug-likeness (QED) is 0.528. The van der Waals surface area contributed by atoms with E-state index in [-0.39, 0.29) is 11.4 Å². The van der Waals surface area contributed by atoms with E-state index in [0.29, 0.717) is 0 Å². The first kappa shape index (κ1) is 18.0. The molecule has 2 heterocycles. The number of rotatable bonds is 6. The summed E-state index contributed by atoms with van der Waals surface area (Å²) >= 11 is 0. The van der Waals surface area contributed by atoms with Crippen LogP contribution in [0, 0.1) is 0 Å². The van der Waals surface area contributed by atoms with Gasteiger partial charge in [-0.2, -0.15) is 5.48 Å². The molecule has 0 aliphatic heterocycles. The van der Waals surface area contributed by atoms with Crippen LogP contribution in [0.15, 0.2) is 38.6 Å². The Morgan fingerprint density at radius 1 is 1.50 bits per heavy atom. The second kappa shape index (κ2) is 7.50. The molecule has 128 valence electrons. The van der Waals surface area contributed by atoms with Gasteiger partial charge in [-0.1, -0.05) is 0 Å². The minimum Gasteiger partial charge on any atom is -0.623 e. The normalized spacial score (nSPS) is 13.1. The lowest BCUT2D eigenvalue weighted by Gasteiger charge is -2.08. The molecule has 10 heteroatoms. The van der Waals surface area contributed by atoms with Gasteiger partial charge in [-0.3, -0.25) is 9.36 Å². The number of furan rings is 1. The molecule has 0 aromatic carbocycles. The van der Waals surface area contributed by atoms with Gasteiger partial charge >= 0.3 is 11.2 Å². The van der Waals surface area contributed by atoms with E-state index in [9.17, 15) is 19.3 Å². The number of hydrogen-bond acceptors (Lipinski definition) is 7. The maximum absolute atomic E-state index is 12.2. The molecule has 0 radical (unpaired) electrons. The minimum atomic E-state index is -2.49. The Morgan fingerprint density at radius 3 is 2.79 bits per heavy atom. The zero-order chi connectivity index (χ0) is 17.9. The van der Waals surface area contributed by atoms with Gasteiger partial charge in [0.25, 0.3) is 5.56 Å². The van der Waals surface area contributed by atoms with Crippen molar-refractivity contribution in [1.29, 1.82) is 0 Å². The fourth-order valence-corrected chi connectivity index (χ4v) is 2.94. The van der Waals surface area contributed by atoms with E-state index in [1.165, 1.54) is 39.6 Å². The maximum Gasteiger partial charge on any atom is 0.337 e. The molecule has 2 atom stereocenters. The fraction of sp³-hybridized carbons (Fsp3) is 0.286. The molecule has 9 nitrogen and oxygen atoms in total. The first-order chi connectivity index (χ1) is 11.4. The second-order valence-corrected chi connectivity index (χ2v) is 6.24. The van der Waals surface area contributed by atoms with Gasteiger partial charge in [-0.05, 0) is 13.0 Å². The van der Waals surface area contributed by atoms with Crippen molar-refractivity contribution in [1.82, 2.24) is 14.6 Å². The summed E-state index contributed by atoms with van der Waals surface area (Å²) in [5.41, 5.74) is 0.408. The van der Waals surface area contributed by atoms with Gasteiger partial charge in [0.2, 0.25) is 5.88 Å². The Kier molecular flexibility index (Phi) is 5.63. The molecule has 0 fully saturated rings. The number of nitrogens with zero attached hydrogens (tertiary/aromatic N) is 2. The Bertz CT molecular complexity index is 881. The van der Waals surface area contributed by atoms with Crippen LogP contribution in [0.25, 0.3) is 5.88 Å². The molecule has 1 N–H and O–H groups in total. The summed E-state index contributed by atoms with van der Waals surface area (Å²) in [6.07, 6.45) is 2.57. The first-order valence-corrected chi connectivity index (χ1v) is 8.19.